The van der Waals surface area contributed by atoms with Crippen LogP contribution in [0.25, 0.3) is 0 Å². The van der Waals surface area contributed by atoms with Crippen LogP contribution in [0.1, 0.15) is 65.1 Å². The fourth-order valence-corrected chi connectivity index (χ4v) is 6.33. The predicted octanol–water partition coefficient (Wildman–Crippen LogP) is 7.10. The van der Waals surface area contributed by atoms with E-state index in [1.54, 1.807) is 18.2 Å². The summed E-state index contributed by atoms with van der Waals surface area (Å²) in [5.74, 6) is -1.69. The van der Waals surface area contributed by atoms with Gasteiger partial charge in [-0.05, 0) is 78.8 Å². The molecule has 1 amide bonds. The second-order valence-corrected chi connectivity index (χ2v) is 10.9. The van der Waals surface area contributed by atoms with E-state index >= 15 is 0 Å². The number of benzene rings is 3. The molecule has 1 saturated heterocycles. The highest BCUT2D eigenvalue weighted by Gasteiger charge is 2.38. The number of rotatable bonds is 7. The Labute approximate surface area is 223 Å². The maximum absolute atomic E-state index is 13.9. The van der Waals surface area contributed by atoms with E-state index in [2.05, 4.69) is 30.0 Å². The molecule has 0 spiro atoms. The Morgan fingerprint density at radius 2 is 1.63 bits per heavy atom. The van der Waals surface area contributed by atoms with Gasteiger partial charge in [-0.25, -0.2) is 13.2 Å². The van der Waals surface area contributed by atoms with Gasteiger partial charge in [0.1, 0.15) is 5.82 Å². The maximum atomic E-state index is 13.9. The molecule has 1 aliphatic heterocycles. The fourth-order valence-electron chi connectivity index (χ4n) is 6.33. The molecule has 5 rings (SSSR count). The Bertz CT molecular complexity index is 1260. The van der Waals surface area contributed by atoms with Crippen molar-refractivity contribution in [2.24, 2.45) is 5.92 Å². The van der Waals surface area contributed by atoms with E-state index in [1.807, 2.05) is 11.0 Å². The van der Waals surface area contributed by atoms with E-state index in [1.165, 1.54) is 41.8 Å². The van der Waals surface area contributed by atoms with Crippen LogP contribution in [0.15, 0.2) is 66.7 Å². The minimum atomic E-state index is -0.840. The lowest BCUT2D eigenvalue weighted by Gasteiger charge is -2.37. The van der Waals surface area contributed by atoms with Crippen LogP contribution in [-0.2, 0) is 6.54 Å². The molecule has 2 atom stereocenters. The molecule has 2 aliphatic rings. The highest BCUT2D eigenvalue weighted by atomic mass is 19.2. The minimum Gasteiger partial charge on any atom is -0.335 e. The molecule has 1 heterocycles. The van der Waals surface area contributed by atoms with Gasteiger partial charge in [0, 0.05) is 43.7 Å². The van der Waals surface area contributed by atoms with E-state index in [9.17, 15) is 18.0 Å². The monoisotopic (exact) mass is 520 g/mol. The normalized spacial score (nSPS) is 20.5. The van der Waals surface area contributed by atoms with Crippen molar-refractivity contribution in [2.75, 3.05) is 19.6 Å². The van der Waals surface area contributed by atoms with Gasteiger partial charge in [0.15, 0.2) is 11.6 Å². The summed E-state index contributed by atoms with van der Waals surface area (Å²) in [5.41, 5.74) is 3.73. The van der Waals surface area contributed by atoms with Gasteiger partial charge in [-0.2, -0.15) is 0 Å². The topological polar surface area (TPSA) is 23.6 Å². The molecule has 0 aromatic heterocycles. The SMILES string of the molecule is Cc1ccccc1[C@H]1CN(Cc2ccc(F)c(F)c2)C[C@@H]1CN(C(=O)c1ccc(F)cc1)C1CCCCC1. The number of hydrogen-bond donors (Lipinski definition) is 0. The van der Waals surface area contributed by atoms with Crippen LogP contribution in [0.3, 0.4) is 0 Å². The highest BCUT2D eigenvalue weighted by molar-refractivity contribution is 5.94. The van der Waals surface area contributed by atoms with Crippen LogP contribution in [0, 0.1) is 30.3 Å². The first-order chi connectivity index (χ1) is 18.4. The van der Waals surface area contributed by atoms with Crippen LogP contribution in [0.5, 0.6) is 0 Å². The second-order valence-electron chi connectivity index (χ2n) is 10.9. The zero-order chi connectivity index (χ0) is 26.6. The van der Waals surface area contributed by atoms with E-state index in [-0.39, 0.29) is 29.6 Å². The summed E-state index contributed by atoms with van der Waals surface area (Å²) in [6, 6.07) is 18.5. The Morgan fingerprint density at radius 1 is 0.895 bits per heavy atom. The summed E-state index contributed by atoms with van der Waals surface area (Å²) in [4.78, 5) is 18.1. The third kappa shape index (κ3) is 5.96. The molecule has 1 aliphatic carbocycles. The smallest absolute Gasteiger partial charge is 0.254 e. The van der Waals surface area contributed by atoms with Crippen molar-refractivity contribution in [3.05, 3.63) is 106 Å². The molecule has 3 aromatic rings. The molecule has 1 saturated carbocycles. The molecular formula is C32H35F3N2O. The Hall–Kier alpha value is -3.12. The predicted molar refractivity (Wildman–Crippen MR) is 143 cm³/mol. The third-order valence-electron chi connectivity index (χ3n) is 8.29. The first-order valence-corrected chi connectivity index (χ1v) is 13.7. The maximum Gasteiger partial charge on any atom is 0.254 e. The average Bonchev–Trinajstić information content (AvgIpc) is 3.32. The molecular weight excluding hydrogens is 485 g/mol. The van der Waals surface area contributed by atoms with Crippen molar-refractivity contribution >= 4 is 5.91 Å². The highest BCUT2D eigenvalue weighted by Crippen LogP contribution is 2.37. The van der Waals surface area contributed by atoms with Crippen molar-refractivity contribution < 1.29 is 18.0 Å². The molecule has 0 radical (unpaired) electrons. The third-order valence-corrected chi connectivity index (χ3v) is 8.29. The van der Waals surface area contributed by atoms with Crippen molar-refractivity contribution in [3.63, 3.8) is 0 Å². The van der Waals surface area contributed by atoms with Crippen molar-refractivity contribution in [1.82, 2.24) is 9.80 Å². The molecule has 2 fully saturated rings. The lowest BCUT2D eigenvalue weighted by atomic mass is 9.85. The van der Waals surface area contributed by atoms with Gasteiger partial charge in [-0.3, -0.25) is 9.69 Å². The molecule has 0 unspecified atom stereocenters. The summed E-state index contributed by atoms with van der Waals surface area (Å²) in [5, 5.41) is 0. The quantitative estimate of drug-likeness (QED) is 0.332. The number of carbonyl (C=O) groups excluding carboxylic acids is 1. The van der Waals surface area contributed by atoms with Gasteiger partial charge >= 0.3 is 0 Å². The largest absolute Gasteiger partial charge is 0.335 e. The number of amides is 1. The number of carbonyl (C=O) groups is 1. The first-order valence-electron chi connectivity index (χ1n) is 13.7. The summed E-state index contributed by atoms with van der Waals surface area (Å²) in [6.07, 6.45) is 5.35. The van der Waals surface area contributed by atoms with Crippen LogP contribution >= 0.6 is 0 Å². The van der Waals surface area contributed by atoms with Crippen molar-refractivity contribution in [1.29, 1.82) is 0 Å². The van der Waals surface area contributed by atoms with E-state index in [0.717, 1.165) is 44.3 Å². The first kappa shape index (κ1) is 26.5. The van der Waals surface area contributed by atoms with Gasteiger partial charge in [-0.1, -0.05) is 49.6 Å². The van der Waals surface area contributed by atoms with Crippen LogP contribution in [-0.4, -0.2) is 41.4 Å². The zero-order valence-electron chi connectivity index (χ0n) is 21.9. The minimum absolute atomic E-state index is 0.0421. The lowest BCUT2D eigenvalue weighted by Crippen LogP contribution is -2.45. The lowest BCUT2D eigenvalue weighted by molar-refractivity contribution is 0.0588. The molecule has 38 heavy (non-hydrogen) atoms. The molecule has 6 heteroatoms. The average molecular weight is 521 g/mol. The van der Waals surface area contributed by atoms with E-state index in [4.69, 9.17) is 0 Å². The Morgan fingerprint density at radius 3 is 2.34 bits per heavy atom. The van der Waals surface area contributed by atoms with E-state index < -0.39 is 11.6 Å². The van der Waals surface area contributed by atoms with Gasteiger partial charge in [0.25, 0.3) is 5.91 Å². The number of nitrogens with zero attached hydrogens (tertiary/aromatic N) is 2. The fraction of sp³-hybridized carbons (Fsp3) is 0.406. The van der Waals surface area contributed by atoms with Crippen LogP contribution in [0.2, 0.25) is 0 Å². The van der Waals surface area contributed by atoms with Gasteiger partial charge in [0.05, 0.1) is 0 Å². The number of likely N-dealkylation sites (tertiary alicyclic amines) is 1. The number of aryl methyl sites for hydroxylation is 1. The van der Waals surface area contributed by atoms with Gasteiger partial charge in [0.2, 0.25) is 0 Å². The Kier molecular flexibility index (Phi) is 8.18. The Balaban J connectivity index is 1.43. The molecule has 200 valence electrons. The van der Waals surface area contributed by atoms with Gasteiger partial charge in [-0.15, -0.1) is 0 Å². The second kappa shape index (κ2) is 11.7. The van der Waals surface area contributed by atoms with Crippen molar-refractivity contribution in [2.45, 2.75) is 57.5 Å². The molecule has 0 N–H and O–H groups in total. The van der Waals surface area contributed by atoms with Crippen molar-refractivity contribution in [3.8, 4) is 0 Å². The van der Waals surface area contributed by atoms with Crippen LogP contribution < -0.4 is 0 Å². The standard InChI is InChI=1S/C32H35F3N2O/c1-22-7-5-6-10-28(22)29-21-36(18-23-11-16-30(34)31(35)17-23)19-25(29)20-37(27-8-3-2-4-9-27)32(38)24-12-14-26(33)15-13-24/h5-7,10-17,25,27,29H,2-4,8-9,18-21H2,1H3/t25-,29+/m1/s1. The summed E-state index contributed by atoms with van der Waals surface area (Å²) < 4.78 is 41.0. The van der Waals surface area contributed by atoms with Gasteiger partial charge < -0.3 is 4.90 Å². The molecule has 3 aromatic carbocycles. The molecule has 3 nitrogen and oxygen atoms in total. The van der Waals surface area contributed by atoms with E-state index in [0.29, 0.717) is 18.7 Å². The number of halogens is 3. The summed E-state index contributed by atoms with van der Waals surface area (Å²) in [6.45, 7) is 4.77. The summed E-state index contributed by atoms with van der Waals surface area (Å²) >= 11 is 0. The van der Waals surface area contributed by atoms with Crippen LogP contribution in [0.4, 0.5) is 13.2 Å². The zero-order valence-corrected chi connectivity index (χ0v) is 21.9. The number of hydrogen-bond acceptors (Lipinski definition) is 2. The molecule has 0 bridgehead atoms. The summed E-state index contributed by atoms with van der Waals surface area (Å²) in [7, 11) is 0.